The lowest BCUT2D eigenvalue weighted by Gasteiger charge is -2.33. The van der Waals surface area contributed by atoms with Gasteiger partial charge >= 0.3 is 5.97 Å². The number of fused-ring (bicyclic) bond motifs is 2. The molecule has 3 atom stereocenters. The number of carboxylic acids is 1. The lowest BCUT2D eigenvalue weighted by molar-refractivity contribution is -0.136. The van der Waals surface area contributed by atoms with E-state index < -0.39 is 5.97 Å². The molecule has 1 heterocycles. The van der Waals surface area contributed by atoms with E-state index in [-0.39, 0.29) is 24.5 Å². The third kappa shape index (κ3) is 5.90. The average Bonchev–Trinajstić information content (AvgIpc) is 2.88. The molecule has 0 amide bonds. The highest BCUT2D eigenvalue weighted by atomic mass is 16.5. The van der Waals surface area contributed by atoms with E-state index in [0.717, 1.165) is 28.9 Å². The van der Waals surface area contributed by atoms with Crippen LogP contribution in [0.15, 0.2) is 103 Å². The van der Waals surface area contributed by atoms with E-state index in [4.69, 9.17) is 9.84 Å². The molecule has 0 spiro atoms. The van der Waals surface area contributed by atoms with Gasteiger partial charge in [-0.2, -0.15) is 0 Å². The molecule has 4 heteroatoms. The van der Waals surface area contributed by atoms with Gasteiger partial charge in [-0.25, -0.2) is 0 Å². The molecule has 0 fully saturated rings. The molecule has 0 aliphatic carbocycles. The second kappa shape index (κ2) is 11.2. The Morgan fingerprint density at radius 2 is 1.86 bits per heavy atom. The molecule has 0 aromatic heterocycles. The Bertz CT molecular complexity index is 1270. The van der Waals surface area contributed by atoms with Crippen LogP contribution in [-0.2, 0) is 4.79 Å². The summed E-state index contributed by atoms with van der Waals surface area (Å²) < 4.78 is 6.37. The molecular formula is C31H33NO3. The van der Waals surface area contributed by atoms with Crippen LogP contribution < -0.4 is 10.1 Å². The van der Waals surface area contributed by atoms with Crippen LogP contribution in [0.4, 0.5) is 0 Å². The van der Waals surface area contributed by atoms with E-state index >= 15 is 0 Å². The van der Waals surface area contributed by atoms with E-state index in [2.05, 4.69) is 67.4 Å². The molecule has 0 radical (unpaired) electrons. The number of nitrogens with one attached hydrogen (secondary N) is 1. The van der Waals surface area contributed by atoms with E-state index in [1.807, 2.05) is 43.4 Å². The molecule has 3 aromatic carbocycles. The van der Waals surface area contributed by atoms with Gasteiger partial charge in [0.2, 0.25) is 0 Å². The first-order valence-corrected chi connectivity index (χ1v) is 12.2. The predicted molar refractivity (Wildman–Crippen MR) is 143 cm³/mol. The number of benzene rings is 3. The first-order valence-electron chi connectivity index (χ1n) is 12.2. The van der Waals surface area contributed by atoms with Gasteiger partial charge in [0.15, 0.2) is 0 Å². The number of para-hydroxylation sites is 1. The second-order valence-corrected chi connectivity index (χ2v) is 9.11. The first kappa shape index (κ1) is 24.5. The number of carboxylic acid groups (broad SMARTS) is 1. The molecule has 1 aliphatic heterocycles. The number of hydrogen-bond donors (Lipinski definition) is 2. The van der Waals surface area contributed by atoms with Crippen molar-refractivity contribution >= 4 is 16.7 Å². The van der Waals surface area contributed by atoms with Crippen molar-refractivity contribution in [2.75, 3.05) is 6.54 Å². The van der Waals surface area contributed by atoms with Gasteiger partial charge in [0.1, 0.15) is 11.9 Å². The molecule has 35 heavy (non-hydrogen) atoms. The fraction of sp³-hybridized carbons (Fsp3) is 0.258. The Morgan fingerprint density at radius 3 is 2.66 bits per heavy atom. The summed E-state index contributed by atoms with van der Waals surface area (Å²) in [5.41, 5.74) is 4.12. The first-order chi connectivity index (χ1) is 17.0. The minimum absolute atomic E-state index is 0.00214. The summed E-state index contributed by atoms with van der Waals surface area (Å²) in [7, 11) is 0. The normalized spacial score (nSPS) is 18.7. The van der Waals surface area contributed by atoms with Crippen LogP contribution in [-0.4, -0.2) is 23.7 Å². The lowest BCUT2D eigenvalue weighted by Crippen LogP contribution is -2.37. The van der Waals surface area contributed by atoms with Crippen LogP contribution in [0.25, 0.3) is 10.8 Å². The van der Waals surface area contributed by atoms with Gasteiger partial charge in [0.05, 0.1) is 6.42 Å². The van der Waals surface area contributed by atoms with Crippen molar-refractivity contribution in [1.82, 2.24) is 5.32 Å². The SMILES string of the molecule is C=C(/C=C\C(=C/C)CC(=O)O)[C@@H]1C[C@H](CN[C@H](C)c2cccc3ccccc23)Oc2ccccc21. The highest BCUT2D eigenvalue weighted by molar-refractivity contribution is 5.86. The van der Waals surface area contributed by atoms with Crippen molar-refractivity contribution in [3.8, 4) is 5.75 Å². The number of carbonyl (C=O) groups is 1. The van der Waals surface area contributed by atoms with E-state index in [9.17, 15) is 4.79 Å². The molecule has 0 saturated carbocycles. The summed E-state index contributed by atoms with van der Waals surface area (Å²) in [6.45, 7) is 9.10. The van der Waals surface area contributed by atoms with Gasteiger partial charge in [0, 0.05) is 24.1 Å². The van der Waals surface area contributed by atoms with E-state index in [1.54, 1.807) is 0 Å². The van der Waals surface area contributed by atoms with E-state index in [0.29, 0.717) is 6.54 Å². The Hall–Kier alpha value is -3.63. The van der Waals surface area contributed by atoms with Crippen LogP contribution >= 0.6 is 0 Å². The van der Waals surface area contributed by atoms with Gasteiger partial charge in [-0.15, -0.1) is 0 Å². The minimum atomic E-state index is -0.837. The van der Waals surface area contributed by atoms with Gasteiger partial charge in [-0.1, -0.05) is 85.5 Å². The van der Waals surface area contributed by atoms with Crippen molar-refractivity contribution < 1.29 is 14.6 Å². The van der Waals surface area contributed by atoms with Crippen molar-refractivity contribution in [3.63, 3.8) is 0 Å². The zero-order valence-corrected chi connectivity index (χ0v) is 20.4. The monoisotopic (exact) mass is 467 g/mol. The second-order valence-electron chi connectivity index (χ2n) is 9.11. The topological polar surface area (TPSA) is 58.6 Å². The highest BCUT2D eigenvalue weighted by Crippen LogP contribution is 2.40. The van der Waals surface area contributed by atoms with Gasteiger partial charge < -0.3 is 15.2 Å². The average molecular weight is 468 g/mol. The van der Waals surface area contributed by atoms with Crippen molar-refractivity contribution in [2.24, 2.45) is 0 Å². The van der Waals surface area contributed by atoms with Crippen LogP contribution in [0.1, 0.15) is 49.8 Å². The number of allylic oxidation sites excluding steroid dienone is 4. The Balaban J connectivity index is 1.48. The predicted octanol–water partition coefficient (Wildman–Crippen LogP) is 6.96. The third-order valence-electron chi connectivity index (χ3n) is 6.71. The highest BCUT2D eigenvalue weighted by Gasteiger charge is 2.29. The smallest absolute Gasteiger partial charge is 0.307 e. The molecule has 3 aromatic rings. The number of aliphatic carboxylic acids is 1. The zero-order chi connectivity index (χ0) is 24.8. The summed E-state index contributed by atoms with van der Waals surface area (Å²) >= 11 is 0. The largest absolute Gasteiger partial charge is 0.489 e. The van der Waals surface area contributed by atoms with Crippen LogP contribution in [0.3, 0.4) is 0 Å². The Kier molecular flexibility index (Phi) is 7.84. The Morgan fingerprint density at radius 1 is 1.11 bits per heavy atom. The molecule has 0 saturated heterocycles. The van der Waals surface area contributed by atoms with Crippen molar-refractivity contribution in [3.05, 3.63) is 114 Å². The van der Waals surface area contributed by atoms with Gasteiger partial charge in [-0.05, 0) is 53.8 Å². The Labute approximate surface area is 207 Å². The molecule has 4 rings (SSSR count). The van der Waals surface area contributed by atoms with Crippen molar-refractivity contribution in [2.45, 2.75) is 44.8 Å². The summed E-state index contributed by atoms with van der Waals surface area (Å²) in [5, 5.41) is 15.3. The van der Waals surface area contributed by atoms with Gasteiger partial charge in [-0.3, -0.25) is 4.79 Å². The minimum Gasteiger partial charge on any atom is -0.489 e. The molecule has 2 N–H and O–H groups in total. The van der Waals surface area contributed by atoms with E-state index in [1.165, 1.54) is 16.3 Å². The van der Waals surface area contributed by atoms with Crippen LogP contribution in [0.2, 0.25) is 0 Å². The molecular weight excluding hydrogens is 434 g/mol. The number of rotatable bonds is 9. The molecule has 1 aliphatic rings. The summed E-state index contributed by atoms with van der Waals surface area (Å²) in [5.74, 6) is 0.162. The summed E-state index contributed by atoms with van der Waals surface area (Å²) in [6.07, 6.45) is 6.45. The fourth-order valence-corrected chi connectivity index (χ4v) is 4.78. The summed E-state index contributed by atoms with van der Waals surface area (Å²) in [6, 6.07) is 23.2. The molecule has 0 bridgehead atoms. The quantitative estimate of drug-likeness (QED) is 0.334. The standard InChI is InChI=1S/C31H33NO3/c1-4-23(18-31(33)34)17-16-21(2)29-19-25(35-30-15-8-7-13-28(29)30)20-32-22(3)26-14-9-11-24-10-5-6-12-27(24)26/h4-17,22,25,29,32H,2,18-20H2,1,3H3,(H,33,34)/b17-16-,23-4+/t22-,25-,29+/m1/s1. The molecule has 4 nitrogen and oxygen atoms in total. The maximum atomic E-state index is 11.1. The molecule has 0 unspecified atom stereocenters. The number of ether oxygens (including phenoxy) is 1. The molecule has 180 valence electrons. The fourth-order valence-electron chi connectivity index (χ4n) is 4.78. The zero-order valence-electron chi connectivity index (χ0n) is 20.4. The van der Waals surface area contributed by atoms with Gasteiger partial charge in [0.25, 0.3) is 0 Å². The third-order valence-corrected chi connectivity index (χ3v) is 6.71. The summed E-state index contributed by atoms with van der Waals surface area (Å²) in [4.78, 5) is 11.1. The number of hydrogen-bond acceptors (Lipinski definition) is 3. The lowest BCUT2D eigenvalue weighted by atomic mass is 9.84. The maximum Gasteiger partial charge on any atom is 0.307 e. The van der Waals surface area contributed by atoms with Crippen LogP contribution in [0.5, 0.6) is 5.75 Å². The van der Waals surface area contributed by atoms with Crippen molar-refractivity contribution in [1.29, 1.82) is 0 Å². The van der Waals surface area contributed by atoms with Crippen LogP contribution in [0, 0.1) is 0 Å². The maximum absolute atomic E-state index is 11.1.